The highest BCUT2D eigenvalue weighted by Crippen LogP contribution is 2.30. The van der Waals surface area contributed by atoms with E-state index < -0.39 is 0 Å². The summed E-state index contributed by atoms with van der Waals surface area (Å²) < 4.78 is 10.9. The van der Waals surface area contributed by atoms with Gasteiger partial charge < -0.3 is 9.15 Å². The van der Waals surface area contributed by atoms with E-state index in [2.05, 4.69) is 4.98 Å². The van der Waals surface area contributed by atoms with Crippen molar-refractivity contribution in [2.24, 2.45) is 0 Å². The Bertz CT molecular complexity index is 972. The van der Waals surface area contributed by atoms with E-state index >= 15 is 0 Å². The first-order valence-electron chi connectivity index (χ1n) is 7.15. The number of aryl methyl sites for hydroxylation is 2. The van der Waals surface area contributed by atoms with Crippen LogP contribution in [-0.4, -0.2) is 11.0 Å². The van der Waals surface area contributed by atoms with E-state index in [9.17, 15) is 9.59 Å². The Balaban J connectivity index is 2.17. The topological polar surface area (TPSA) is 69.4 Å². The Morgan fingerprint density at radius 3 is 2.61 bits per heavy atom. The highest BCUT2D eigenvalue weighted by molar-refractivity contribution is 5.77. The molecule has 0 atom stereocenters. The molecule has 3 aromatic rings. The number of rotatable bonds is 2. The molecule has 1 aromatic heterocycles. The first-order chi connectivity index (χ1) is 11.0. The van der Waals surface area contributed by atoms with Crippen molar-refractivity contribution in [1.82, 2.24) is 4.98 Å². The Morgan fingerprint density at radius 2 is 1.87 bits per heavy atom. The summed E-state index contributed by atoms with van der Waals surface area (Å²) >= 11 is 0. The molecular weight excluding hydrogens is 294 g/mol. The molecule has 0 bridgehead atoms. The molecule has 0 fully saturated rings. The van der Waals surface area contributed by atoms with Crippen LogP contribution in [-0.2, 0) is 4.79 Å². The Hall–Kier alpha value is -2.95. The Labute approximate surface area is 132 Å². The monoisotopic (exact) mass is 309 g/mol. The molecule has 0 aliphatic carbocycles. The van der Waals surface area contributed by atoms with E-state index in [4.69, 9.17) is 9.15 Å². The van der Waals surface area contributed by atoms with Gasteiger partial charge in [-0.05, 0) is 49.2 Å². The number of aromatic nitrogens is 1. The fourth-order valence-electron chi connectivity index (χ4n) is 2.41. The molecule has 23 heavy (non-hydrogen) atoms. The van der Waals surface area contributed by atoms with Crippen LogP contribution in [0, 0.1) is 13.8 Å². The molecule has 1 heterocycles. The van der Waals surface area contributed by atoms with Crippen LogP contribution in [0.2, 0.25) is 0 Å². The van der Waals surface area contributed by atoms with Gasteiger partial charge in [-0.25, -0.2) is 0 Å². The second kappa shape index (κ2) is 5.68. The quantitative estimate of drug-likeness (QED) is 0.536. The summed E-state index contributed by atoms with van der Waals surface area (Å²) in [7, 11) is 0. The number of ether oxygens (including phenoxy) is 1. The average Bonchev–Trinajstić information content (AvgIpc) is 2.50. The van der Waals surface area contributed by atoms with Gasteiger partial charge >= 0.3 is 5.97 Å². The number of nitrogens with zero attached hydrogens (tertiary/aromatic N) is 1. The van der Waals surface area contributed by atoms with Gasteiger partial charge in [0.2, 0.25) is 5.89 Å². The van der Waals surface area contributed by atoms with Gasteiger partial charge in [0.15, 0.2) is 0 Å². The molecule has 0 spiro atoms. The molecule has 116 valence electrons. The summed E-state index contributed by atoms with van der Waals surface area (Å²) in [6, 6.07) is 10.5. The lowest BCUT2D eigenvalue weighted by atomic mass is 10.0. The third-order valence-electron chi connectivity index (χ3n) is 3.53. The minimum absolute atomic E-state index is 0.253. The normalized spacial score (nSPS) is 10.7. The number of esters is 1. The second-order valence-corrected chi connectivity index (χ2v) is 5.35. The summed E-state index contributed by atoms with van der Waals surface area (Å²) in [6.45, 7) is 5.02. The zero-order valence-electron chi connectivity index (χ0n) is 13.0. The number of carbonyl (C=O) groups excluding carboxylic acids is 1. The molecule has 0 saturated heterocycles. The van der Waals surface area contributed by atoms with Gasteiger partial charge in [0, 0.05) is 12.5 Å². The van der Waals surface area contributed by atoms with Crippen molar-refractivity contribution >= 4 is 16.9 Å². The van der Waals surface area contributed by atoms with Crippen molar-refractivity contribution in [3.63, 3.8) is 0 Å². The van der Waals surface area contributed by atoms with Crippen molar-refractivity contribution < 1.29 is 13.9 Å². The predicted octanol–water partition coefficient (Wildman–Crippen LogP) is 3.40. The molecule has 0 aliphatic heterocycles. The van der Waals surface area contributed by atoms with E-state index in [1.807, 2.05) is 13.8 Å². The zero-order chi connectivity index (χ0) is 16.6. The van der Waals surface area contributed by atoms with Crippen molar-refractivity contribution in [2.75, 3.05) is 0 Å². The Morgan fingerprint density at radius 1 is 1.13 bits per heavy atom. The molecule has 0 N–H and O–H groups in total. The summed E-state index contributed by atoms with van der Waals surface area (Å²) in [4.78, 5) is 27.3. The molecule has 0 saturated carbocycles. The third-order valence-corrected chi connectivity index (χ3v) is 3.53. The number of carbonyl (C=O) groups is 1. The van der Waals surface area contributed by atoms with Gasteiger partial charge in [0.1, 0.15) is 11.3 Å². The average molecular weight is 309 g/mol. The fraction of sp³-hybridized carbons (Fsp3) is 0.167. The molecule has 5 heteroatoms. The van der Waals surface area contributed by atoms with Crippen LogP contribution < -0.4 is 10.3 Å². The zero-order valence-corrected chi connectivity index (χ0v) is 13.0. The number of fused-ring (bicyclic) bond motifs is 1. The van der Waals surface area contributed by atoms with Gasteiger partial charge in [-0.3, -0.25) is 9.59 Å². The first kappa shape index (κ1) is 15.0. The van der Waals surface area contributed by atoms with E-state index in [1.165, 1.54) is 6.92 Å². The van der Waals surface area contributed by atoms with Crippen LogP contribution in [0.15, 0.2) is 45.6 Å². The smallest absolute Gasteiger partial charge is 0.308 e. The van der Waals surface area contributed by atoms with Crippen LogP contribution in [0.25, 0.3) is 22.4 Å². The van der Waals surface area contributed by atoms with E-state index in [-0.39, 0.29) is 17.4 Å². The van der Waals surface area contributed by atoms with Crippen LogP contribution in [0.5, 0.6) is 5.75 Å². The molecule has 0 unspecified atom stereocenters. The maximum Gasteiger partial charge on any atom is 0.308 e. The van der Waals surface area contributed by atoms with Gasteiger partial charge in [0.25, 0.3) is 5.56 Å². The summed E-state index contributed by atoms with van der Waals surface area (Å²) in [5, 5.41) is 0.446. The molecule has 2 aromatic carbocycles. The molecule has 0 radical (unpaired) electrons. The van der Waals surface area contributed by atoms with Crippen LogP contribution in [0.4, 0.5) is 0 Å². The highest BCUT2D eigenvalue weighted by atomic mass is 16.5. The minimum Gasteiger partial charge on any atom is -0.437 e. The molecule has 3 rings (SSSR count). The molecule has 0 amide bonds. The van der Waals surface area contributed by atoms with Crippen LogP contribution in [0.1, 0.15) is 18.1 Å². The van der Waals surface area contributed by atoms with Crippen molar-refractivity contribution in [3.05, 3.63) is 57.9 Å². The maximum atomic E-state index is 12.1. The lowest BCUT2D eigenvalue weighted by molar-refractivity contribution is -0.131. The Kier molecular flexibility index (Phi) is 3.70. The van der Waals surface area contributed by atoms with Gasteiger partial charge in [-0.1, -0.05) is 12.1 Å². The van der Waals surface area contributed by atoms with Gasteiger partial charge in [-0.2, -0.15) is 4.98 Å². The lowest BCUT2D eigenvalue weighted by Crippen LogP contribution is -2.08. The van der Waals surface area contributed by atoms with Crippen molar-refractivity contribution in [3.8, 4) is 17.2 Å². The maximum absolute atomic E-state index is 12.1. The van der Waals surface area contributed by atoms with Crippen LogP contribution >= 0.6 is 0 Å². The standard InChI is InChI=1S/C18H15NO4/c1-10-9-16(22-12(3)20)11(2)8-14(10)18-19-17(21)13-6-4-5-7-15(13)23-18/h4-9H,1-3H3. The number of benzene rings is 2. The first-order valence-corrected chi connectivity index (χ1v) is 7.15. The van der Waals surface area contributed by atoms with Gasteiger partial charge in [-0.15, -0.1) is 0 Å². The minimum atomic E-state index is -0.379. The SMILES string of the molecule is CC(=O)Oc1cc(C)c(-c2nc(=O)c3ccccc3o2)cc1C. The van der Waals surface area contributed by atoms with Crippen molar-refractivity contribution in [2.45, 2.75) is 20.8 Å². The molecule has 0 aliphatic rings. The predicted molar refractivity (Wildman–Crippen MR) is 86.5 cm³/mol. The third kappa shape index (κ3) is 2.85. The number of para-hydroxylation sites is 1. The molecule has 5 nitrogen and oxygen atoms in total. The fourth-order valence-corrected chi connectivity index (χ4v) is 2.41. The van der Waals surface area contributed by atoms with E-state index in [0.29, 0.717) is 22.3 Å². The summed E-state index contributed by atoms with van der Waals surface area (Å²) in [6.07, 6.45) is 0. The van der Waals surface area contributed by atoms with Crippen molar-refractivity contribution in [1.29, 1.82) is 0 Å². The van der Waals surface area contributed by atoms with Gasteiger partial charge in [0.05, 0.1) is 5.39 Å². The largest absolute Gasteiger partial charge is 0.437 e. The lowest BCUT2D eigenvalue weighted by Gasteiger charge is -2.10. The summed E-state index contributed by atoms with van der Waals surface area (Å²) in [5.74, 6) is 0.362. The summed E-state index contributed by atoms with van der Waals surface area (Å²) in [5.41, 5.74) is 2.42. The highest BCUT2D eigenvalue weighted by Gasteiger charge is 2.14. The number of hydrogen-bond donors (Lipinski definition) is 0. The van der Waals surface area contributed by atoms with E-state index in [1.54, 1.807) is 36.4 Å². The van der Waals surface area contributed by atoms with E-state index in [0.717, 1.165) is 11.1 Å². The molecular formula is C18H15NO4. The second-order valence-electron chi connectivity index (χ2n) is 5.35. The number of hydrogen-bond acceptors (Lipinski definition) is 5. The van der Waals surface area contributed by atoms with Crippen LogP contribution in [0.3, 0.4) is 0 Å².